The van der Waals surface area contributed by atoms with Crippen molar-refractivity contribution in [1.82, 2.24) is 4.98 Å². The van der Waals surface area contributed by atoms with Crippen LogP contribution in [0, 0.1) is 17.2 Å². The molecule has 1 unspecified atom stereocenters. The number of allylic oxidation sites excluding steroid dienone is 2. The minimum atomic E-state index is -0.582. The standard InChI is InChI=1S/C27H34ClN5O3S/c1-14(2)12-19-21(26(30)34)23(20-13-17-6-9-32-25(28)24(17)37-20)22(27(31)36-15(3)29)18(33-19)5-4-16-7-10-35-11-8-16/h6,9,13-14,16,23,29H,4-5,7-8,10-12,31H2,1-3H3,(H2,30,34)/b27-22-,29-15?. The fourth-order valence-corrected chi connectivity index (χ4v) is 6.48. The van der Waals surface area contributed by atoms with E-state index in [1.165, 1.54) is 18.3 Å². The maximum atomic E-state index is 13.0. The Bertz CT molecular complexity index is 1290. The van der Waals surface area contributed by atoms with Crippen LogP contribution >= 0.6 is 22.9 Å². The number of carbonyl (C=O) groups is 1. The third-order valence-electron chi connectivity index (χ3n) is 6.69. The highest BCUT2D eigenvalue weighted by Crippen LogP contribution is 2.46. The highest BCUT2D eigenvalue weighted by Gasteiger charge is 2.38. The SMILES string of the molecule is CC(=N)O/C(N)=C1/C(CCC2CCOCC2)=NC(CC(C)C)=C(C(N)=O)C1c1cc2ccnc(Cl)c2s1. The lowest BCUT2D eigenvalue weighted by atomic mass is 9.79. The Morgan fingerprint density at radius 1 is 1.32 bits per heavy atom. The van der Waals surface area contributed by atoms with E-state index in [9.17, 15) is 4.79 Å². The van der Waals surface area contributed by atoms with Crippen LogP contribution in [0.4, 0.5) is 0 Å². The van der Waals surface area contributed by atoms with Crippen LogP contribution in [0.25, 0.3) is 10.1 Å². The van der Waals surface area contributed by atoms with Gasteiger partial charge in [-0.05, 0) is 61.5 Å². The number of hydrogen-bond donors (Lipinski definition) is 3. The quantitative estimate of drug-likeness (QED) is 0.171. The van der Waals surface area contributed by atoms with E-state index in [1.807, 2.05) is 12.1 Å². The summed E-state index contributed by atoms with van der Waals surface area (Å²) in [5, 5.41) is 9.23. The maximum absolute atomic E-state index is 13.0. The number of halogens is 1. The van der Waals surface area contributed by atoms with Crippen molar-refractivity contribution in [2.75, 3.05) is 13.2 Å². The number of aromatic nitrogens is 1. The lowest BCUT2D eigenvalue weighted by molar-refractivity contribution is -0.114. The smallest absolute Gasteiger partial charge is 0.247 e. The average Bonchev–Trinajstić information content (AvgIpc) is 3.27. The van der Waals surface area contributed by atoms with Gasteiger partial charge in [-0.3, -0.25) is 15.2 Å². The van der Waals surface area contributed by atoms with Crippen LogP contribution in [0.2, 0.25) is 5.15 Å². The summed E-state index contributed by atoms with van der Waals surface area (Å²) in [4.78, 5) is 23.1. The van der Waals surface area contributed by atoms with Crippen molar-refractivity contribution in [2.24, 2.45) is 28.3 Å². The summed E-state index contributed by atoms with van der Waals surface area (Å²) in [6, 6.07) is 3.89. The molecule has 2 aliphatic heterocycles. The van der Waals surface area contributed by atoms with Crippen LogP contribution in [0.1, 0.15) is 63.7 Å². The van der Waals surface area contributed by atoms with E-state index in [4.69, 9.17) is 42.9 Å². The molecule has 1 atom stereocenters. The first-order valence-electron chi connectivity index (χ1n) is 12.6. The van der Waals surface area contributed by atoms with Gasteiger partial charge in [0.2, 0.25) is 5.91 Å². The number of fused-ring (bicyclic) bond motifs is 1. The number of thiophene rings is 1. The number of nitrogens with zero attached hydrogens (tertiary/aromatic N) is 2. The molecule has 4 heterocycles. The second kappa shape index (κ2) is 11.8. The zero-order valence-electron chi connectivity index (χ0n) is 21.5. The van der Waals surface area contributed by atoms with Gasteiger partial charge >= 0.3 is 0 Å². The highest BCUT2D eigenvalue weighted by atomic mass is 35.5. The summed E-state index contributed by atoms with van der Waals surface area (Å²) in [5.74, 6) is -0.338. The first-order chi connectivity index (χ1) is 17.7. The lowest BCUT2D eigenvalue weighted by Crippen LogP contribution is -2.31. The van der Waals surface area contributed by atoms with Gasteiger partial charge in [-0.2, -0.15) is 0 Å². The van der Waals surface area contributed by atoms with Crippen molar-refractivity contribution >= 4 is 50.5 Å². The van der Waals surface area contributed by atoms with Gasteiger partial charge in [-0.15, -0.1) is 11.3 Å². The Labute approximate surface area is 226 Å². The molecule has 0 saturated carbocycles. The van der Waals surface area contributed by atoms with Crippen LogP contribution in [0.15, 0.2) is 46.0 Å². The van der Waals surface area contributed by atoms with E-state index < -0.39 is 11.8 Å². The number of primary amides is 1. The van der Waals surface area contributed by atoms with Gasteiger partial charge in [0.15, 0.2) is 11.8 Å². The zero-order valence-corrected chi connectivity index (χ0v) is 23.0. The van der Waals surface area contributed by atoms with Gasteiger partial charge in [0.05, 0.1) is 27.6 Å². The molecular formula is C27H34ClN5O3S. The molecule has 198 valence electrons. The van der Waals surface area contributed by atoms with Gasteiger partial charge < -0.3 is 20.9 Å². The van der Waals surface area contributed by atoms with E-state index in [1.54, 1.807) is 6.20 Å². The van der Waals surface area contributed by atoms with Crippen molar-refractivity contribution in [2.45, 2.75) is 58.8 Å². The molecule has 5 N–H and O–H groups in total. The number of carbonyl (C=O) groups excluding carboxylic acids is 1. The van der Waals surface area contributed by atoms with E-state index in [-0.39, 0.29) is 17.7 Å². The summed E-state index contributed by atoms with van der Waals surface area (Å²) in [6.45, 7) is 7.22. The molecule has 1 fully saturated rings. The topological polar surface area (TPSA) is 137 Å². The van der Waals surface area contributed by atoms with Crippen molar-refractivity contribution in [3.05, 3.63) is 51.1 Å². The number of nitrogens with one attached hydrogen (secondary N) is 1. The molecule has 1 saturated heterocycles. The Morgan fingerprint density at radius 3 is 2.68 bits per heavy atom. The van der Waals surface area contributed by atoms with Crippen LogP contribution in [-0.2, 0) is 14.3 Å². The molecule has 0 aromatic carbocycles. The molecule has 37 heavy (non-hydrogen) atoms. The Morgan fingerprint density at radius 2 is 2.05 bits per heavy atom. The number of ether oxygens (including phenoxy) is 2. The number of amides is 1. The molecule has 4 rings (SSSR count). The van der Waals surface area contributed by atoms with Gasteiger partial charge in [0.25, 0.3) is 0 Å². The molecule has 10 heteroatoms. The second-order valence-electron chi connectivity index (χ2n) is 10.0. The molecule has 2 aromatic heterocycles. The predicted octanol–water partition coefficient (Wildman–Crippen LogP) is 5.66. The molecule has 2 aromatic rings. The molecule has 0 radical (unpaired) electrons. The number of rotatable bonds is 8. The number of nitrogens with two attached hydrogens (primary N) is 2. The molecule has 0 spiro atoms. The van der Waals surface area contributed by atoms with Gasteiger partial charge in [0.1, 0.15) is 5.15 Å². The van der Waals surface area contributed by atoms with E-state index in [2.05, 4.69) is 18.8 Å². The molecule has 0 aliphatic carbocycles. The zero-order chi connectivity index (χ0) is 26.7. The Kier molecular flexibility index (Phi) is 8.67. The molecule has 0 bridgehead atoms. The van der Waals surface area contributed by atoms with Crippen LogP contribution in [-0.4, -0.2) is 35.7 Å². The van der Waals surface area contributed by atoms with Crippen LogP contribution in [0.3, 0.4) is 0 Å². The maximum Gasteiger partial charge on any atom is 0.247 e. The van der Waals surface area contributed by atoms with E-state index in [0.717, 1.165) is 53.2 Å². The highest BCUT2D eigenvalue weighted by molar-refractivity contribution is 7.19. The van der Waals surface area contributed by atoms with Crippen LogP contribution < -0.4 is 11.5 Å². The van der Waals surface area contributed by atoms with Crippen molar-refractivity contribution in [3.63, 3.8) is 0 Å². The summed E-state index contributed by atoms with van der Waals surface area (Å²) in [5.41, 5.74) is 15.0. The van der Waals surface area contributed by atoms with Gasteiger partial charge in [0, 0.05) is 36.8 Å². The predicted molar refractivity (Wildman–Crippen MR) is 149 cm³/mol. The third-order valence-corrected chi connectivity index (χ3v) is 8.31. The molecule has 1 amide bonds. The number of aliphatic imine (C=N–C) groups is 1. The van der Waals surface area contributed by atoms with Crippen molar-refractivity contribution < 1.29 is 14.3 Å². The first kappa shape index (κ1) is 27.3. The Hall–Kier alpha value is -2.75. The van der Waals surface area contributed by atoms with Crippen molar-refractivity contribution in [3.8, 4) is 0 Å². The fraction of sp³-hybridized carbons (Fsp3) is 0.481. The summed E-state index contributed by atoms with van der Waals surface area (Å²) in [6.07, 6.45) is 5.84. The average molecular weight is 544 g/mol. The largest absolute Gasteiger partial charge is 0.428 e. The Balaban J connectivity index is 1.90. The number of hydrogen-bond acceptors (Lipinski definition) is 8. The summed E-state index contributed by atoms with van der Waals surface area (Å²) >= 11 is 7.86. The van der Waals surface area contributed by atoms with Crippen LogP contribution in [0.5, 0.6) is 0 Å². The third kappa shape index (κ3) is 6.22. The molecule has 2 aliphatic rings. The fourth-order valence-electron chi connectivity index (χ4n) is 5.04. The van der Waals surface area contributed by atoms with E-state index >= 15 is 0 Å². The second-order valence-corrected chi connectivity index (χ2v) is 11.5. The monoisotopic (exact) mass is 543 g/mol. The first-order valence-corrected chi connectivity index (χ1v) is 13.8. The lowest BCUT2D eigenvalue weighted by Gasteiger charge is -2.31. The molecule has 8 nitrogen and oxygen atoms in total. The van der Waals surface area contributed by atoms with Crippen molar-refractivity contribution in [1.29, 1.82) is 5.41 Å². The van der Waals surface area contributed by atoms with Gasteiger partial charge in [-0.25, -0.2) is 4.98 Å². The molecular weight excluding hydrogens is 510 g/mol. The normalized spacial score (nSPS) is 20.4. The minimum Gasteiger partial charge on any atom is -0.428 e. The summed E-state index contributed by atoms with van der Waals surface area (Å²) in [7, 11) is 0. The summed E-state index contributed by atoms with van der Waals surface area (Å²) < 4.78 is 12.0. The van der Waals surface area contributed by atoms with Gasteiger partial charge in [-0.1, -0.05) is 25.4 Å². The van der Waals surface area contributed by atoms with E-state index in [0.29, 0.717) is 40.8 Å². The number of pyridine rings is 1. The minimum absolute atomic E-state index is 0.0475.